The number of aryl methyl sites for hydroxylation is 1. The fourth-order valence-corrected chi connectivity index (χ4v) is 4.36. The van der Waals surface area contributed by atoms with E-state index >= 15 is 0 Å². The van der Waals surface area contributed by atoms with Crippen molar-refractivity contribution in [1.82, 2.24) is 19.9 Å². The molecule has 2 heterocycles. The zero-order valence-corrected chi connectivity index (χ0v) is 12.9. The monoisotopic (exact) mass is 305 g/mol. The first-order valence-electron chi connectivity index (χ1n) is 8.33. The van der Waals surface area contributed by atoms with Crippen LogP contribution in [0.3, 0.4) is 0 Å². The van der Waals surface area contributed by atoms with Gasteiger partial charge in [-0.25, -0.2) is 15.0 Å². The van der Waals surface area contributed by atoms with Gasteiger partial charge >= 0.3 is 0 Å². The number of aromatic amines is 1. The van der Waals surface area contributed by atoms with Crippen LogP contribution in [0.25, 0.3) is 11.2 Å². The Morgan fingerprint density at radius 1 is 1.22 bits per heavy atom. The average molecular weight is 305 g/mol. The molecule has 0 radical (unpaired) electrons. The summed E-state index contributed by atoms with van der Waals surface area (Å²) < 4.78 is 0. The number of hydrogen-bond acceptors (Lipinski definition) is 4. The first-order chi connectivity index (χ1) is 11.4. The van der Waals surface area contributed by atoms with Crippen LogP contribution < -0.4 is 5.32 Å². The fourth-order valence-electron chi connectivity index (χ4n) is 4.36. The number of hydrogen-bond donors (Lipinski definition) is 2. The van der Waals surface area contributed by atoms with Gasteiger partial charge in [-0.1, -0.05) is 24.3 Å². The molecule has 3 aromatic rings. The van der Waals surface area contributed by atoms with E-state index in [9.17, 15) is 0 Å². The van der Waals surface area contributed by atoms with Gasteiger partial charge in [0.25, 0.3) is 0 Å². The Morgan fingerprint density at radius 2 is 2.17 bits per heavy atom. The smallest absolute Gasteiger partial charge is 0.182 e. The van der Waals surface area contributed by atoms with E-state index < -0.39 is 0 Å². The highest BCUT2D eigenvalue weighted by atomic mass is 15.1. The summed E-state index contributed by atoms with van der Waals surface area (Å²) in [7, 11) is 0. The lowest BCUT2D eigenvalue weighted by atomic mass is 9.78. The molecule has 23 heavy (non-hydrogen) atoms. The molecule has 0 bridgehead atoms. The van der Waals surface area contributed by atoms with E-state index in [1.54, 1.807) is 23.8 Å². The number of aromatic nitrogens is 4. The zero-order valence-electron chi connectivity index (χ0n) is 12.9. The van der Waals surface area contributed by atoms with Crippen LogP contribution >= 0.6 is 0 Å². The molecule has 2 aromatic heterocycles. The maximum Gasteiger partial charge on any atom is 0.182 e. The molecule has 0 amide bonds. The lowest BCUT2D eigenvalue weighted by molar-refractivity contribution is 0.503. The van der Waals surface area contributed by atoms with Gasteiger partial charge < -0.3 is 10.3 Å². The third-order valence-electron chi connectivity index (χ3n) is 5.59. The highest BCUT2D eigenvalue weighted by Gasteiger charge is 2.55. The lowest BCUT2D eigenvalue weighted by Gasteiger charge is -2.26. The molecule has 1 spiro atoms. The van der Waals surface area contributed by atoms with E-state index in [0.29, 0.717) is 11.3 Å². The number of fused-ring (bicyclic) bond motifs is 3. The largest absolute Gasteiger partial charge is 0.368 e. The van der Waals surface area contributed by atoms with Gasteiger partial charge in [-0.3, -0.25) is 0 Å². The molecule has 1 aromatic carbocycles. The highest BCUT2D eigenvalue weighted by molar-refractivity contribution is 5.81. The van der Waals surface area contributed by atoms with Crippen molar-refractivity contribution < 1.29 is 0 Å². The Hall–Kier alpha value is -2.43. The van der Waals surface area contributed by atoms with Gasteiger partial charge in [0.1, 0.15) is 11.8 Å². The van der Waals surface area contributed by atoms with E-state index in [1.165, 1.54) is 25.7 Å². The Labute approximate surface area is 134 Å². The number of nitrogens with one attached hydrogen (secondary N) is 2. The Balaban J connectivity index is 1.37. The summed E-state index contributed by atoms with van der Waals surface area (Å²) in [5, 5.41) is 3.52. The zero-order chi connectivity index (χ0) is 15.3. The second-order valence-corrected chi connectivity index (χ2v) is 6.77. The average Bonchev–Trinajstić information content (AvgIpc) is 3.05. The predicted molar refractivity (Wildman–Crippen MR) is 89.3 cm³/mol. The van der Waals surface area contributed by atoms with Crippen LogP contribution in [-0.4, -0.2) is 26.5 Å². The number of imidazole rings is 1. The van der Waals surface area contributed by atoms with E-state index in [1.807, 2.05) is 0 Å². The molecule has 0 saturated heterocycles. The number of benzene rings is 1. The summed E-state index contributed by atoms with van der Waals surface area (Å²) in [4.78, 5) is 15.8. The van der Waals surface area contributed by atoms with Crippen LogP contribution in [0.15, 0.2) is 36.9 Å². The minimum atomic E-state index is 0.405. The molecule has 1 fully saturated rings. The van der Waals surface area contributed by atoms with Gasteiger partial charge in [-0.2, -0.15) is 0 Å². The van der Waals surface area contributed by atoms with Crippen LogP contribution in [0.1, 0.15) is 30.4 Å². The minimum Gasteiger partial charge on any atom is -0.368 e. The maximum atomic E-state index is 4.36. The highest BCUT2D eigenvalue weighted by Crippen LogP contribution is 2.60. The molecule has 2 aliphatic rings. The van der Waals surface area contributed by atoms with Crippen LogP contribution in [0.5, 0.6) is 0 Å². The molecule has 5 nitrogen and oxygen atoms in total. The molecule has 2 N–H and O–H groups in total. The number of anilines is 1. The quantitative estimate of drug-likeness (QED) is 0.780. The molecule has 116 valence electrons. The van der Waals surface area contributed by atoms with E-state index in [0.717, 1.165) is 23.5 Å². The molecular formula is C18H19N5. The summed E-state index contributed by atoms with van der Waals surface area (Å²) in [6, 6.07) is 9.00. The summed E-state index contributed by atoms with van der Waals surface area (Å²) in [5.74, 6) is 1.55. The van der Waals surface area contributed by atoms with Gasteiger partial charge in [0.15, 0.2) is 11.5 Å². The number of nitrogens with zero attached hydrogens (tertiary/aromatic N) is 3. The second kappa shape index (κ2) is 4.78. The third-order valence-corrected chi connectivity index (χ3v) is 5.59. The van der Waals surface area contributed by atoms with Gasteiger partial charge in [-0.05, 0) is 42.7 Å². The van der Waals surface area contributed by atoms with Gasteiger partial charge in [0.2, 0.25) is 0 Å². The molecule has 2 atom stereocenters. The van der Waals surface area contributed by atoms with Crippen molar-refractivity contribution >= 4 is 17.0 Å². The Morgan fingerprint density at radius 3 is 3.17 bits per heavy atom. The molecule has 2 unspecified atom stereocenters. The topological polar surface area (TPSA) is 66.5 Å². The lowest BCUT2D eigenvalue weighted by Crippen LogP contribution is -2.21. The van der Waals surface area contributed by atoms with Crippen LogP contribution in [-0.2, 0) is 11.8 Å². The van der Waals surface area contributed by atoms with Crippen LogP contribution in [0.4, 0.5) is 5.82 Å². The van der Waals surface area contributed by atoms with Crippen molar-refractivity contribution in [1.29, 1.82) is 0 Å². The van der Waals surface area contributed by atoms with E-state index in [4.69, 9.17) is 0 Å². The number of rotatable bonds is 3. The first-order valence-corrected chi connectivity index (χ1v) is 8.33. The number of H-pyrrole nitrogens is 1. The second-order valence-electron chi connectivity index (χ2n) is 6.77. The van der Waals surface area contributed by atoms with Crippen molar-refractivity contribution in [3.8, 4) is 0 Å². The van der Waals surface area contributed by atoms with Crippen molar-refractivity contribution in [3.05, 3.63) is 48.0 Å². The van der Waals surface area contributed by atoms with Crippen molar-refractivity contribution in [2.75, 3.05) is 11.9 Å². The Bertz CT molecular complexity index is 870. The molecule has 2 aliphatic carbocycles. The SMILES string of the molecule is c1ccc2c(c1)CCCC21CC1CNc1ncnc2nc[nH]c12. The molecule has 1 saturated carbocycles. The predicted octanol–water partition coefficient (Wildman–Crippen LogP) is 3.06. The normalized spacial score (nSPS) is 25.5. The van der Waals surface area contributed by atoms with Crippen LogP contribution in [0, 0.1) is 5.92 Å². The molecule has 5 rings (SSSR count). The van der Waals surface area contributed by atoms with Gasteiger partial charge in [0.05, 0.1) is 6.33 Å². The summed E-state index contributed by atoms with van der Waals surface area (Å²) in [6.45, 7) is 0.958. The van der Waals surface area contributed by atoms with Crippen molar-refractivity contribution in [2.45, 2.75) is 31.1 Å². The summed E-state index contributed by atoms with van der Waals surface area (Å²) in [6.07, 6.45) is 8.39. The van der Waals surface area contributed by atoms with E-state index in [2.05, 4.69) is 49.5 Å². The standard InChI is InChI=1S/C18H19N5/c1-2-6-14-12(4-1)5-3-7-18(14)8-13(18)9-19-16-15-17(21-10-20-15)23-11-22-16/h1-2,4,6,10-11,13H,3,5,7-9H2,(H2,19,20,21,22,23). The van der Waals surface area contributed by atoms with Crippen molar-refractivity contribution in [3.63, 3.8) is 0 Å². The maximum absolute atomic E-state index is 4.36. The molecule has 5 heteroatoms. The molecular weight excluding hydrogens is 286 g/mol. The summed E-state index contributed by atoms with van der Waals surface area (Å²) >= 11 is 0. The van der Waals surface area contributed by atoms with Gasteiger partial charge in [-0.15, -0.1) is 0 Å². The first kappa shape index (κ1) is 13.0. The third kappa shape index (κ3) is 1.96. The van der Waals surface area contributed by atoms with E-state index in [-0.39, 0.29) is 0 Å². The molecule has 0 aliphatic heterocycles. The van der Waals surface area contributed by atoms with Crippen LogP contribution in [0.2, 0.25) is 0 Å². The summed E-state index contributed by atoms with van der Waals surface area (Å²) in [5.41, 5.74) is 5.16. The minimum absolute atomic E-state index is 0.405. The fraction of sp³-hybridized carbons (Fsp3) is 0.389. The van der Waals surface area contributed by atoms with Gasteiger partial charge in [0, 0.05) is 12.0 Å². The van der Waals surface area contributed by atoms with Crippen molar-refractivity contribution in [2.24, 2.45) is 5.92 Å². The Kier molecular flexibility index (Phi) is 2.71.